The van der Waals surface area contributed by atoms with Gasteiger partial charge in [-0.1, -0.05) is 6.92 Å². The minimum absolute atomic E-state index is 0.000757. The average molecular weight is 448 g/mol. The van der Waals surface area contributed by atoms with Crippen molar-refractivity contribution in [2.24, 2.45) is 0 Å². The first kappa shape index (κ1) is 22.0. The number of aryl methyl sites for hydroxylation is 1. The lowest BCUT2D eigenvalue weighted by Crippen LogP contribution is -2.16. The van der Waals surface area contributed by atoms with E-state index in [0.29, 0.717) is 5.69 Å². The van der Waals surface area contributed by atoms with E-state index in [1.165, 1.54) is 53.7 Å². The summed E-state index contributed by atoms with van der Waals surface area (Å²) in [6.45, 7) is 4.63. The van der Waals surface area contributed by atoms with E-state index in [0.717, 1.165) is 0 Å². The summed E-state index contributed by atoms with van der Waals surface area (Å²) in [4.78, 5) is 23.1. The van der Waals surface area contributed by atoms with Gasteiger partial charge in [0.1, 0.15) is 23.8 Å². The van der Waals surface area contributed by atoms with Crippen LogP contribution in [0.15, 0.2) is 35.4 Å². The normalized spacial score (nSPS) is 11.5. The van der Waals surface area contributed by atoms with Gasteiger partial charge in [0.25, 0.3) is 5.91 Å². The van der Waals surface area contributed by atoms with E-state index < -0.39 is 20.7 Å². The van der Waals surface area contributed by atoms with Gasteiger partial charge in [-0.3, -0.25) is 19.6 Å². The first-order valence-electron chi connectivity index (χ1n) is 9.12. The molecule has 0 unspecified atom stereocenters. The zero-order chi connectivity index (χ0) is 22.9. The van der Waals surface area contributed by atoms with Crippen LogP contribution in [0.2, 0.25) is 0 Å². The Hall–Kier alpha value is -3.74. The van der Waals surface area contributed by atoms with Gasteiger partial charge in [-0.15, -0.1) is 0 Å². The third kappa shape index (κ3) is 4.40. The lowest BCUT2D eigenvalue weighted by atomic mass is 10.3. The van der Waals surface area contributed by atoms with Crippen molar-refractivity contribution >= 4 is 27.1 Å². The summed E-state index contributed by atoms with van der Waals surface area (Å²) in [6, 6.07) is 5.04. The molecule has 1 aromatic carbocycles. The van der Waals surface area contributed by atoms with Crippen molar-refractivity contribution in [2.45, 2.75) is 32.3 Å². The molecule has 0 bridgehead atoms. The van der Waals surface area contributed by atoms with Gasteiger partial charge in [0.2, 0.25) is 0 Å². The predicted octanol–water partition coefficient (Wildman–Crippen LogP) is 1.86. The maximum atomic E-state index is 12.5. The summed E-state index contributed by atoms with van der Waals surface area (Å²) in [5.41, 5.74) is 0.470. The fourth-order valence-corrected chi connectivity index (χ4v) is 3.86. The molecule has 3 rings (SSSR count). The van der Waals surface area contributed by atoms with Gasteiger partial charge in [-0.05, 0) is 38.1 Å². The molecule has 0 aliphatic carbocycles. The Bertz CT molecular complexity index is 1280. The molecule has 12 nitrogen and oxygen atoms in total. The quantitative estimate of drug-likeness (QED) is 0.314. The van der Waals surface area contributed by atoms with Gasteiger partial charge in [0.15, 0.2) is 15.5 Å². The highest BCUT2D eigenvalue weighted by molar-refractivity contribution is 7.91. The molecule has 3 aromatic rings. The molecule has 0 saturated heterocycles. The highest BCUT2D eigenvalue weighted by Gasteiger charge is 2.22. The fourth-order valence-electron chi connectivity index (χ4n) is 2.95. The molecule has 2 heterocycles. The van der Waals surface area contributed by atoms with E-state index in [2.05, 4.69) is 15.5 Å². The molecule has 164 valence electrons. The number of benzene rings is 1. The number of phenolic OH excluding ortho intramolecular Hbond substituents is 1. The third-order valence-electron chi connectivity index (χ3n) is 4.63. The number of sulfone groups is 1. The zero-order valence-electron chi connectivity index (χ0n) is 16.9. The van der Waals surface area contributed by atoms with Crippen LogP contribution in [0, 0.1) is 24.0 Å². The molecule has 0 aliphatic heterocycles. The van der Waals surface area contributed by atoms with Crippen molar-refractivity contribution < 1.29 is 23.2 Å². The third-order valence-corrected chi connectivity index (χ3v) is 6.37. The van der Waals surface area contributed by atoms with Crippen LogP contribution in [0.1, 0.15) is 28.8 Å². The Morgan fingerprint density at radius 3 is 2.58 bits per heavy atom. The summed E-state index contributed by atoms with van der Waals surface area (Å²) in [5, 5.41) is 31.8. The summed E-state index contributed by atoms with van der Waals surface area (Å²) in [6.07, 6.45) is 1.50. The molecule has 0 aliphatic rings. The fraction of sp³-hybridized carbons (Fsp3) is 0.278. The molecule has 2 N–H and O–H groups in total. The van der Waals surface area contributed by atoms with E-state index in [-0.39, 0.29) is 45.8 Å². The number of nitrogens with one attached hydrogen (secondary N) is 1. The smallest absolute Gasteiger partial charge is 0.312 e. The van der Waals surface area contributed by atoms with Crippen molar-refractivity contribution in [3.8, 4) is 5.75 Å². The van der Waals surface area contributed by atoms with Gasteiger partial charge in [-0.25, -0.2) is 13.1 Å². The molecule has 13 heteroatoms. The van der Waals surface area contributed by atoms with Crippen molar-refractivity contribution in [1.29, 1.82) is 0 Å². The summed E-state index contributed by atoms with van der Waals surface area (Å²) in [7, 11) is -3.52. The maximum Gasteiger partial charge on any atom is 0.312 e. The van der Waals surface area contributed by atoms with Gasteiger partial charge in [0, 0.05) is 6.20 Å². The van der Waals surface area contributed by atoms with Gasteiger partial charge in [-0.2, -0.15) is 10.2 Å². The second kappa shape index (κ2) is 8.18. The van der Waals surface area contributed by atoms with Crippen LogP contribution in [-0.2, 0) is 16.5 Å². The van der Waals surface area contributed by atoms with Crippen LogP contribution < -0.4 is 5.32 Å². The van der Waals surface area contributed by atoms with Crippen LogP contribution in [0.5, 0.6) is 5.75 Å². The Labute approximate surface area is 177 Å². The van der Waals surface area contributed by atoms with E-state index in [4.69, 9.17) is 0 Å². The molecule has 0 fully saturated rings. The van der Waals surface area contributed by atoms with Crippen LogP contribution in [0.3, 0.4) is 0 Å². The zero-order valence-corrected chi connectivity index (χ0v) is 17.8. The van der Waals surface area contributed by atoms with Crippen molar-refractivity contribution in [3.05, 3.63) is 57.7 Å². The Morgan fingerprint density at radius 2 is 1.97 bits per heavy atom. The van der Waals surface area contributed by atoms with E-state index in [1.807, 2.05) is 0 Å². The summed E-state index contributed by atoms with van der Waals surface area (Å²) >= 11 is 0. The van der Waals surface area contributed by atoms with Crippen molar-refractivity contribution in [2.75, 3.05) is 11.1 Å². The minimum atomic E-state index is -3.52. The lowest BCUT2D eigenvalue weighted by Gasteiger charge is -2.09. The second-order valence-corrected chi connectivity index (χ2v) is 8.97. The molecule has 0 atom stereocenters. The van der Waals surface area contributed by atoms with Crippen LogP contribution in [0.25, 0.3) is 0 Å². The number of carbonyl (C=O) groups excluding carboxylic acids is 1. The Kier molecular flexibility index (Phi) is 5.79. The number of hydrogen-bond acceptors (Lipinski definition) is 8. The lowest BCUT2D eigenvalue weighted by molar-refractivity contribution is -0.386. The van der Waals surface area contributed by atoms with E-state index >= 15 is 0 Å². The number of hydrogen-bond donors (Lipinski definition) is 2. The standard InChI is InChI=1S/C18H20N6O6S/c1-4-31(29,30)13-5-6-16(25)15(9-13)19-18(26)14-7-8-22(21-14)10-23-12(3)17(24(27)28)11(2)20-23/h5-9,25H,4,10H2,1-3H3,(H,19,26). The topological polar surface area (TPSA) is 162 Å². The highest BCUT2D eigenvalue weighted by atomic mass is 32.2. The number of amides is 1. The molecule has 0 spiro atoms. The minimum Gasteiger partial charge on any atom is -0.506 e. The van der Waals surface area contributed by atoms with E-state index in [9.17, 15) is 28.4 Å². The van der Waals surface area contributed by atoms with Gasteiger partial charge < -0.3 is 10.4 Å². The number of aromatic hydroxyl groups is 1. The SMILES string of the molecule is CCS(=O)(=O)c1ccc(O)c(NC(=O)c2ccn(Cn3nc(C)c([N+](=O)[O-])c3C)n2)c1. The van der Waals surface area contributed by atoms with Crippen LogP contribution in [-0.4, -0.2) is 49.7 Å². The number of aromatic nitrogens is 4. The number of rotatable bonds is 7. The second-order valence-electron chi connectivity index (χ2n) is 6.69. The first-order chi connectivity index (χ1) is 14.5. The maximum absolute atomic E-state index is 12.5. The number of carbonyl (C=O) groups is 1. The van der Waals surface area contributed by atoms with E-state index in [1.54, 1.807) is 6.92 Å². The number of anilines is 1. The number of nitrogens with zero attached hydrogens (tertiary/aromatic N) is 5. The predicted molar refractivity (Wildman–Crippen MR) is 110 cm³/mol. The molecule has 0 radical (unpaired) electrons. The molecular weight excluding hydrogens is 428 g/mol. The van der Waals surface area contributed by atoms with Crippen LogP contribution >= 0.6 is 0 Å². The molecular formula is C18H20N6O6S. The summed E-state index contributed by atoms with van der Waals surface area (Å²) < 4.78 is 26.8. The molecule has 31 heavy (non-hydrogen) atoms. The molecule has 0 saturated carbocycles. The van der Waals surface area contributed by atoms with Crippen molar-refractivity contribution in [3.63, 3.8) is 0 Å². The molecule has 2 aromatic heterocycles. The summed E-state index contributed by atoms with van der Waals surface area (Å²) in [5.74, 6) is -1.09. The average Bonchev–Trinajstić information content (AvgIpc) is 3.28. The van der Waals surface area contributed by atoms with Gasteiger partial charge >= 0.3 is 5.69 Å². The number of nitro groups is 1. The Balaban J connectivity index is 1.80. The monoisotopic (exact) mass is 448 g/mol. The number of phenols is 1. The Morgan fingerprint density at radius 1 is 1.26 bits per heavy atom. The van der Waals surface area contributed by atoms with Gasteiger partial charge in [0.05, 0.1) is 21.3 Å². The van der Waals surface area contributed by atoms with Crippen LogP contribution in [0.4, 0.5) is 11.4 Å². The largest absolute Gasteiger partial charge is 0.506 e. The van der Waals surface area contributed by atoms with Crippen molar-refractivity contribution in [1.82, 2.24) is 19.6 Å². The molecule has 1 amide bonds. The highest BCUT2D eigenvalue weighted by Crippen LogP contribution is 2.27. The first-order valence-corrected chi connectivity index (χ1v) is 10.8.